The topological polar surface area (TPSA) is 143 Å². The Labute approximate surface area is 237 Å². The summed E-state index contributed by atoms with van der Waals surface area (Å²) in [7, 11) is 3.32. The first-order valence-electron chi connectivity index (χ1n) is 13.0. The lowest BCUT2D eigenvalue weighted by Gasteiger charge is -2.28. The van der Waals surface area contributed by atoms with E-state index in [1.807, 2.05) is 38.1 Å². The second kappa shape index (κ2) is 12.9. The number of anilines is 2. The SMILES string of the molecule is COc1cc2c(N(C=O)Cc3ccccn3)c(N(C)CC(=O)NCCNC(C)=O)cnc2cc1-c1c(C)noc1C. The van der Waals surface area contributed by atoms with Crippen LogP contribution in [0.15, 0.2) is 47.2 Å². The second-order valence-electron chi connectivity index (χ2n) is 9.50. The summed E-state index contributed by atoms with van der Waals surface area (Å²) in [5, 5.41) is 10.2. The Hall–Kier alpha value is -5.00. The molecule has 0 aliphatic carbocycles. The van der Waals surface area contributed by atoms with Crippen LogP contribution in [0.5, 0.6) is 5.75 Å². The molecule has 0 spiro atoms. The number of ether oxygens (including phenoxy) is 1. The smallest absolute Gasteiger partial charge is 0.239 e. The van der Waals surface area contributed by atoms with Crippen LogP contribution in [0, 0.1) is 13.8 Å². The van der Waals surface area contributed by atoms with E-state index in [2.05, 4.69) is 20.8 Å². The summed E-state index contributed by atoms with van der Waals surface area (Å²) in [5.41, 5.74) is 4.69. The van der Waals surface area contributed by atoms with Crippen LogP contribution in [0.3, 0.4) is 0 Å². The molecule has 0 saturated heterocycles. The molecule has 0 aliphatic heterocycles. The number of methoxy groups -OCH3 is 1. The average Bonchev–Trinajstić information content (AvgIpc) is 3.30. The van der Waals surface area contributed by atoms with E-state index < -0.39 is 0 Å². The van der Waals surface area contributed by atoms with Gasteiger partial charge in [0.1, 0.15) is 11.5 Å². The largest absolute Gasteiger partial charge is 0.496 e. The van der Waals surface area contributed by atoms with Gasteiger partial charge < -0.3 is 29.7 Å². The number of hydrogen-bond donors (Lipinski definition) is 2. The van der Waals surface area contributed by atoms with Crippen LogP contribution in [0.1, 0.15) is 24.1 Å². The first-order chi connectivity index (χ1) is 19.7. The van der Waals surface area contributed by atoms with Crippen molar-refractivity contribution in [1.29, 1.82) is 0 Å². The molecule has 0 atom stereocenters. The average molecular weight is 560 g/mol. The zero-order valence-electron chi connectivity index (χ0n) is 23.7. The molecule has 12 heteroatoms. The third-order valence-corrected chi connectivity index (χ3v) is 6.53. The normalized spacial score (nSPS) is 10.8. The highest BCUT2D eigenvalue weighted by Crippen LogP contribution is 2.42. The summed E-state index contributed by atoms with van der Waals surface area (Å²) >= 11 is 0. The number of likely N-dealkylation sites (N-methyl/N-ethyl adjacent to an activating group) is 1. The van der Waals surface area contributed by atoms with Gasteiger partial charge in [-0.1, -0.05) is 11.2 Å². The van der Waals surface area contributed by atoms with Gasteiger partial charge in [0.2, 0.25) is 18.2 Å². The summed E-state index contributed by atoms with van der Waals surface area (Å²) in [6, 6.07) is 9.21. The number of fused-ring (bicyclic) bond motifs is 1. The molecule has 0 bridgehead atoms. The number of amides is 3. The van der Waals surface area contributed by atoms with Gasteiger partial charge in [0.05, 0.1) is 60.2 Å². The molecule has 3 amide bonds. The number of carbonyl (C=O) groups is 3. The molecule has 214 valence electrons. The first kappa shape index (κ1) is 29.0. The monoisotopic (exact) mass is 559 g/mol. The molecule has 3 aromatic heterocycles. The molecular formula is C29H33N7O5. The second-order valence-corrected chi connectivity index (χ2v) is 9.50. The minimum Gasteiger partial charge on any atom is -0.496 e. The van der Waals surface area contributed by atoms with Crippen molar-refractivity contribution in [1.82, 2.24) is 25.8 Å². The van der Waals surface area contributed by atoms with Crippen molar-refractivity contribution in [2.24, 2.45) is 0 Å². The van der Waals surface area contributed by atoms with E-state index in [4.69, 9.17) is 14.2 Å². The van der Waals surface area contributed by atoms with Crippen molar-refractivity contribution in [2.75, 3.05) is 43.6 Å². The van der Waals surface area contributed by atoms with Crippen LogP contribution in [0.4, 0.5) is 11.4 Å². The van der Waals surface area contributed by atoms with Crippen LogP contribution in [0.2, 0.25) is 0 Å². The van der Waals surface area contributed by atoms with Crippen LogP contribution >= 0.6 is 0 Å². The zero-order valence-corrected chi connectivity index (χ0v) is 23.7. The van der Waals surface area contributed by atoms with Crippen molar-refractivity contribution in [3.05, 3.63) is 59.9 Å². The molecule has 1 aromatic carbocycles. The summed E-state index contributed by atoms with van der Waals surface area (Å²) in [4.78, 5) is 48.7. The number of carbonyl (C=O) groups excluding carboxylic acids is 3. The molecule has 4 aromatic rings. The van der Waals surface area contributed by atoms with Crippen molar-refractivity contribution in [3.63, 3.8) is 0 Å². The summed E-state index contributed by atoms with van der Waals surface area (Å²) < 4.78 is 11.2. The maximum Gasteiger partial charge on any atom is 0.239 e. The van der Waals surface area contributed by atoms with Gasteiger partial charge in [-0.3, -0.25) is 24.4 Å². The fourth-order valence-electron chi connectivity index (χ4n) is 4.64. The van der Waals surface area contributed by atoms with E-state index in [0.717, 1.165) is 17.5 Å². The molecule has 0 saturated carbocycles. The van der Waals surface area contributed by atoms with E-state index in [0.29, 0.717) is 51.7 Å². The molecular weight excluding hydrogens is 526 g/mol. The number of nitrogens with one attached hydrogen (secondary N) is 2. The maximum atomic E-state index is 12.7. The van der Waals surface area contributed by atoms with Gasteiger partial charge >= 0.3 is 0 Å². The van der Waals surface area contributed by atoms with Gasteiger partial charge in [-0.15, -0.1) is 0 Å². The number of aryl methyl sites for hydroxylation is 2. The van der Waals surface area contributed by atoms with Gasteiger partial charge in [0, 0.05) is 44.2 Å². The van der Waals surface area contributed by atoms with Gasteiger partial charge in [-0.2, -0.15) is 0 Å². The van der Waals surface area contributed by atoms with Gasteiger partial charge in [-0.25, -0.2) is 0 Å². The lowest BCUT2D eigenvalue weighted by atomic mass is 9.99. The van der Waals surface area contributed by atoms with E-state index in [9.17, 15) is 14.4 Å². The molecule has 0 unspecified atom stereocenters. The highest BCUT2D eigenvalue weighted by molar-refractivity contribution is 6.05. The van der Waals surface area contributed by atoms with Crippen LogP contribution in [-0.2, 0) is 20.9 Å². The van der Waals surface area contributed by atoms with Crippen LogP contribution in [-0.4, -0.2) is 67.1 Å². The zero-order chi connectivity index (χ0) is 29.5. The molecule has 0 fully saturated rings. The number of hydrogen-bond acceptors (Lipinski definition) is 9. The van der Waals surface area contributed by atoms with Crippen LogP contribution in [0.25, 0.3) is 22.0 Å². The third kappa shape index (κ3) is 6.60. The summed E-state index contributed by atoms with van der Waals surface area (Å²) in [5.74, 6) is 0.774. The summed E-state index contributed by atoms with van der Waals surface area (Å²) in [6.45, 7) is 5.90. The highest BCUT2D eigenvalue weighted by atomic mass is 16.5. The van der Waals surface area contributed by atoms with Crippen molar-refractivity contribution in [3.8, 4) is 16.9 Å². The van der Waals surface area contributed by atoms with Crippen molar-refractivity contribution >= 4 is 40.5 Å². The van der Waals surface area contributed by atoms with E-state index >= 15 is 0 Å². The van der Waals surface area contributed by atoms with Gasteiger partial charge in [0.25, 0.3) is 0 Å². The Bertz CT molecular complexity index is 1530. The Kier molecular flexibility index (Phi) is 9.12. The lowest BCUT2D eigenvalue weighted by molar-refractivity contribution is -0.121. The third-order valence-electron chi connectivity index (χ3n) is 6.53. The Morgan fingerprint density at radius 3 is 2.54 bits per heavy atom. The van der Waals surface area contributed by atoms with E-state index in [1.165, 1.54) is 6.92 Å². The predicted molar refractivity (Wildman–Crippen MR) is 155 cm³/mol. The van der Waals surface area contributed by atoms with Crippen LogP contribution < -0.4 is 25.2 Å². The molecule has 0 radical (unpaired) electrons. The number of aromatic nitrogens is 3. The number of nitrogens with zero attached hydrogens (tertiary/aromatic N) is 5. The molecule has 2 N–H and O–H groups in total. The van der Waals surface area contributed by atoms with Gasteiger partial charge in [-0.05, 0) is 38.1 Å². The molecule has 41 heavy (non-hydrogen) atoms. The Morgan fingerprint density at radius 1 is 1.12 bits per heavy atom. The fourth-order valence-corrected chi connectivity index (χ4v) is 4.64. The molecule has 4 rings (SSSR count). The van der Waals surface area contributed by atoms with Gasteiger partial charge in [0.15, 0.2) is 0 Å². The molecule has 12 nitrogen and oxygen atoms in total. The fraction of sp³-hybridized carbons (Fsp3) is 0.310. The predicted octanol–water partition coefficient (Wildman–Crippen LogP) is 2.76. The lowest BCUT2D eigenvalue weighted by Crippen LogP contribution is -2.39. The number of benzene rings is 1. The standard InChI is InChI=1S/C29H33N7O5/c1-18-28(19(2)41-34-18)23-12-24-22(13-26(23)40-5)29(36(17-37)15-21-8-6-7-9-31-21)25(14-33-24)35(4)16-27(39)32-11-10-30-20(3)38/h6-9,12-14,17H,10-11,15-16H2,1-5H3,(H,30,38)(H,32,39). The molecule has 3 heterocycles. The minimum absolute atomic E-state index is 0.00909. The number of pyridine rings is 2. The maximum absolute atomic E-state index is 12.7. The van der Waals surface area contributed by atoms with E-state index in [-0.39, 0.29) is 31.4 Å². The Morgan fingerprint density at radius 2 is 1.90 bits per heavy atom. The Balaban J connectivity index is 1.79. The quantitative estimate of drug-likeness (QED) is 0.198. The highest BCUT2D eigenvalue weighted by Gasteiger charge is 2.24. The van der Waals surface area contributed by atoms with E-state index in [1.54, 1.807) is 42.4 Å². The summed E-state index contributed by atoms with van der Waals surface area (Å²) in [6.07, 6.45) is 4.05. The van der Waals surface area contributed by atoms with Crippen molar-refractivity contribution < 1.29 is 23.6 Å². The minimum atomic E-state index is -0.252. The number of rotatable bonds is 12. The van der Waals surface area contributed by atoms with Crippen molar-refractivity contribution in [2.45, 2.75) is 27.3 Å². The molecule has 0 aliphatic rings. The first-order valence-corrected chi connectivity index (χ1v) is 13.0.